The van der Waals surface area contributed by atoms with E-state index in [0.717, 1.165) is 25.7 Å². The molecule has 0 spiro atoms. The number of allylic oxidation sites excluding steroid dienone is 1. The summed E-state index contributed by atoms with van der Waals surface area (Å²) < 4.78 is 0. The lowest BCUT2D eigenvalue weighted by atomic mass is 10.0. The number of carbonyl (C=O) groups is 1. The molecule has 0 rings (SSSR count). The molecule has 0 aliphatic carbocycles. The highest BCUT2D eigenvalue weighted by atomic mass is 16.3. The minimum atomic E-state index is -0.837. The Labute approximate surface area is 441 Å². The van der Waals surface area contributed by atoms with E-state index in [1.54, 1.807) is 6.08 Å². The first-order valence-electron chi connectivity index (χ1n) is 32.9. The standard InChI is InChI=1S/C66H131NO3/c1-3-5-7-9-11-13-15-17-19-21-23-25-27-29-31-32-33-34-35-36-37-39-41-43-45-47-49-51-53-55-57-59-61-65(69)64(63-68)67-66(70)62-60-58-56-54-52-50-48-46-44-42-40-38-30-28-26-24-22-20-18-16-14-12-10-8-6-4-2/h59,61,64-65,68-69H,3-58,60,62-63H2,1-2H3,(H,67,70)/b61-59+. The smallest absolute Gasteiger partial charge is 0.220 e. The molecule has 0 heterocycles. The van der Waals surface area contributed by atoms with Crippen molar-refractivity contribution in [1.29, 1.82) is 0 Å². The predicted molar refractivity (Wildman–Crippen MR) is 313 cm³/mol. The van der Waals surface area contributed by atoms with Crippen molar-refractivity contribution >= 4 is 5.91 Å². The number of nitrogens with one attached hydrogen (secondary N) is 1. The van der Waals surface area contributed by atoms with Gasteiger partial charge in [0.1, 0.15) is 0 Å². The van der Waals surface area contributed by atoms with Gasteiger partial charge in [-0.05, 0) is 19.3 Å². The van der Waals surface area contributed by atoms with E-state index < -0.39 is 12.1 Å². The lowest BCUT2D eigenvalue weighted by molar-refractivity contribution is -0.123. The Morgan fingerprint density at radius 3 is 0.743 bits per heavy atom. The van der Waals surface area contributed by atoms with Crippen LogP contribution in [0, 0.1) is 0 Å². The number of hydrogen-bond donors (Lipinski definition) is 3. The Bertz CT molecular complexity index is 982. The Balaban J connectivity index is 3.40. The van der Waals surface area contributed by atoms with Crippen molar-refractivity contribution in [2.24, 2.45) is 0 Å². The molecule has 1 amide bonds. The summed E-state index contributed by atoms with van der Waals surface area (Å²) >= 11 is 0. The molecule has 2 atom stereocenters. The van der Waals surface area contributed by atoms with Crippen molar-refractivity contribution in [3.63, 3.8) is 0 Å². The number of hydrogen-bond acceptors (Lipinski definition) is 3. The highest BCUT2D eigenvalue weighted by Crippen LogP contribution is 2.19. The van der Waals surface area contributed by atoms with E-state index in [0.29, 0.717) is 6.42 Å². The van der Waals surface area contributed by atoms with Crippen LogP contribution in [0.3, 0.4) is 0 Å². The van der Waals surface area contributed by atoms with E-state index in [1.165, 1.54) is 340 Å². The number of amides is 1. The second-order valence-corrected chi connectivity index (χ2v) is 22.9. The first kappa shape index (κ1) is 69.1. The normalized spacial score (nSPS) is 12.7. The molecule has 70 heavy (non-hydrogen) atoms. The summed E-state index contributed by atoms with van der Waals surface area (Å²) in [6, 6.07) is -0.619. The van der Waals surface area contributed by atoms with Crippen LogP contribution in [0.25, 0.3) is 0 Å². The van der Waals surface area contributed by atoms with E-state index >= 15 is 0 Å². The van der Waals surface area contributed by atoms with Crippen molar-refractivity contribution in [2.45, 2.75) is 398 Å². The zero-order chi connectivity index (χ0) is 50.6. The molecular weight excluding hydrogens is 855 g/mol. The largest absolute Gasteiger partial charge is 0.394 e. The Morgan fingerprint density at radius 2 is 0.529 bits per heavy atom. The van der Waals surface area contributed by atoms with Gasteiger partial charge in [0.25, 0.3) is 0 Å². The molecule has 0 aliphatic rings. The minimum Gasteiger partial charge on any atom is -0.394 e. The van der Waals surface area contributed by atoms with Gasteiger partial charge in [-0.25, -0.2) is 0 Å². The minimum absolute atomic E-state index is 0.0538. The first-order valence-corrected chi connectivity index (χ1v) is 32.9. The maximum absolute atomic E-state index is 12.5. The van der Waals surface area contributed by atoms with E-state index in [4.69, 9.17) is 0 Å². The van der Waals surface area contributed by atoms with E-state index in [1.807, 2.05) is 6.08 Å². The van der Waals surface area contributed by atoms with E-state index in [2.05, 4.69) is 19.2 Å². The monoisotopic (exact) mass is 986 g/mol. The fourth-order valence-corrected chi connectivity index (χ4v) is 10.8. The molecule has 0 aromatic carbocycles. The Morgan fingerprint density at radius 1 is 0.329 bits per heavy atom. The quantitative estimate of drug-likeness (QED) is 0.0420. The summed E-state index contributed by atoms with van der Waals surface area (Å²) in [5.41, 5.74) is 0. The zero-order valence-electron chi connectivity index (χ0n) is 48.3. The molecule has 0 fully saturated rings. The van der Waals surface area contributed by atoms with Crippen LogP contribution in [0.1, 0.15) is 386 Å². The highest BCUT2D eigenvalue weighted by molar-refractivity contribution is 5.76. The van der Waals surface area contributed by atoms with Crippen molar-refractivity contribution < 1.29 is 15.0 Å². The molecule has 0 bridgehead atoms. The van der Waals surface area contributed by atoms with Crippen LogP contribution < -0.4 is 5.32 Å². The molecule has 0 aromatic heterocycles. The number of unbranched alkanes of at least 4 members (excludes halogenated alkanes) is 55. The molecule has 4 nitrogen and oxygen atoms in total. The molecule has 0 saturated heterocycles. The lowest BCUT2D eigenvalue weighted by Crippen LogP contribution is -2.45. The van der Waals surface area contributed by atoms with Crippen LogP contribution in [-0.4, -0.2) is 34.9 Å². The number of aliphatic hydroxyl groups is 2. The summed E-state index contributed by atoms with van der Waals surface area (Å²) in [5, 5.41) is 23.3. The van der Waals surface area contributed by atoms with E-state index in [9.17, 15) is 15.0 Å². The SMILES string of the molecule is CCCCCCCCCCCCCCCCCCCCCCCCCCCCCCCC/C=C/C(O)C(CO)NC(=O)CCCCCCCCCCCCCCCCCCCCCCCCCCCC. The summed E-state index contributed by atoms with van der Waals surface area (Å²) in [6.07, 6.45) is 82.9. The maximum atomic E-state index is 12.5. The van der Waals surface area contributed by atoms with Gasteiger partial charge in [-0.2, -0.15) is 0 Å². The molecule has 4 heteroatoms. The summed E-state index contributed by atoms with van der Waals surface area (Å²) in [5.74, 6) is -0.0538. The number of aliphatic hydroxyl groups excluding tert-OH is 2. The number of rotatable bonds is 62. The third kappa shape index (κ3) is 58.0. The van der Waals surface area contributed by atoms with Crippen LogP contribution in [0.4, 0.5) is 0 Å². The Hall–Kier alpha value is -0.870. The van der Waals surface area contributed by atoms with Gasteiger partial charge >= 0.3 is 0 Å². The van der Waals surface area contributed by atoms with Crippen LogP contribution in [0.2, 0.25) is 0 Å². The maximum Gasteiger partial charge on any atom is 0.220 e. The second kappa shape index (κ2) is 62.4. The fraction of sp³-hybridized carbons (Fsp3) is 0.955. The molecular formula is C66H131NO3. The summed E-state index contributed by atoms with van der Waals surface area (Å²) in [6.45, 7) is 4.37. The average Bonchev–Trinajstić information content (AvgIpc) is 3.36. The van der Waals surface area contributed by atoms with Gasteiger partial charge in [0.2, 0.25) is 5.91 Å². The fourth-order valence-electron chi connectivity index (χ4n) is 10.8. The summed E-state index contributed by atoms with van der Waals surface area (Å²) in [4.78, 5) is 12.5. The highest BCUT2D eigenvalue weighted by Gasteiger charge is 2.18. The van der Waals surface area contributed by atoms with Crippen LogP contribution in [0.5, 0.6) is 0 Å². The van der Waals surface area contributed by atoms with Crippen molar-refractivity contribution in [3.05, 3.63) is 12.2 Å². The third-order valence-electron chi connectivity index (χ3n) is 15.8. The van der Waals surface area contributed by atoms with Crippen molar-refractivity contribution in [2.75, 3.05) is 6.61 Å². The van der Waals surface area contributed by atoms with Gasteiger partial charge in [-0.15, -0.1) is 0 Å². The van der Waals surface area contributed by atoms with Gasteiger partial charge in [-0.1, -0.05) is 373 Å². The zero-order valence-corrected chi connectivity index (χ0v) is 48.3. The number of carbonyl (C=O) groups excluding carboxylic acids is 1. The molecule has 0 aliphatic heterocycles. The summed E-state index contributed by atoms with van der Waals surface area (Å²) in [7, 11) is 0. The predicted octanol–water partition coefficient (Wildman–Crippen LogP) is 22.0. The molecule has 0 aromatic rings. The molecule has 0 saturated carbocycles. The molecule has 3 N–H and O–H groups in total. The first-order chi connectivity index (χ1) is 34.7. The Kier molecular flexibility index (Phi) is 61.6. The molecule has 0 radical (unpaired) electrons. The van der Waals surface area contributed by atoms with Crippen molar-refractivity contribution in [3.8, 4) is 0 Å². The van der Waals surface area contributed by atoms with Crippen LogP contribution in [-0.2, 0) is 4.79 Å². The van der Waals surface area contributed by atoms with Gasteiger partial charge in [0.15, 0.2) is 0 Å². The van der Waals surface area contributed by atoms with Gasteiger partial charge in [0, 0.05) is 6.42 Å². The second-order valence-electron chi connectivity index (χ2n) is 22.9. The lowest BCUT2D eigenvalue weighted by Gasteiger charge is -2.20. The van der Waals surface area contributed by atoms with Gasteiger partial charge in [0.05, 0.1) is 18.8 Å². The van der Waals surface area contributed by atoms with E-state index in [-0.39, 0.29) is 12.5 Å². The van der Waals surface area contributed by atoms with Gasteiger partial charge in [-0.3, -0.25) is 4.79 Å². The average molecular weight is 987 g/mol. The topological polar surface area (TPSA) is 69.6 Å². The van der Waals surface area contributed by atoms with Gasteiger partial charge < -0.3 is 15.5 Å². The molecule has 2 unspecified atom stereocenters. The third-order valence-corrected chi connectivity index (χ3v) is 15.8. The van der Waals surface area contributed by atoms with Crippen molar-refractivity contribution in [1.82, 2.24) is 5.32 Å². The molecule has 418 valence electrons. The van der Waals surface area contributed by atoms with Crippen LogP contribution >= 0.6 is 0 Å². The van der Waals surface area contributed by atoms with Crippen LogP contribution in [0.15, 0.2) is 12.2 Å².